The van der Waals surface area contributed by atoms with Crippen LogP contribution >= 0.6 is 0 Å². The van der Waals surface area contributed by atoms with Crippen molar-refractivity contribution in [3.63, 3.8) is 0 Å². The third-order valence-corrected chi connectivity index (χ3v) is 2.73. The minimum Gasteiger partial charge on any atom is -0.503 e. The second-order valence-corrected chi connectivity index (χ2v) is 4.04. The van der Waals surface area contributed by atoms with Crippen molar-refractivity contribution in [1.29, 1.82) is 0 Å². The molecule has 0 bridgehead atoms. The molecule has 0 aliphatic carbocycles. The Bertz CT molecular complexity index is 647. The predicted octanol–water partition coefficient (Wildman–Crippen LogP) is 1.50. The van der Waals surface area contributed by atoms with Crippen molar-refractivity contribution < 1.29 is 9.90 Å². The maximum atomic E-state index is 12.0. The molecule has 1 amide bonds. The summed E-state index contributed by atoms with van der Waals surface area (Å²) in [6, 6.07) is 10.0. The number of nitrogens with zero attached hydrogens (tertiary/aromatic N) is 1. The summed E-state index contributed by atoms with van der Waals surface area (Å²) >= 11 is 0. The van der Waals surface area contributed by atoms with Gasteiger partial charge in [-0.1, -0.05) is 25.1 Å². The first-order chi connectivity index (χ1) is 9.11. The Morgan fingerprint density at radius 3 is 2.63 bits per heavy atom. The molecule has 0 aliphatic heterocycles. The summed E-state index contributed by atoms with van der Waals surface area (Å²) in [5, 5.41) is 9.42. The van der Waals surface area contributed by atoms with E-state index < -0.39 is 11.2 Å². The molecular formula is C14H14N2O3. The molecule has 0 spiro atoms. The van der Waals surface area contributed by atoms with Gasteiger partial charge in [-0.15, -0.1) is 0 Å². The second-order valence-electron chi connectivity index (χ2n) is 4.04. The van der Waals surface area contributed by atoms with Gasteiger partial charge in [-0.2, -0.15) is 0 Å². The molecule has 5 nitrogen and oxygen atoms in total. The molecule has 0 radical (unpaired) electrons. The van der Waals surface area contributed by atoms with Gasteiger partial charge in [-0.05, 0) is 18.6 Å². The van der Waals surface area contributed by atoms with Crippen LogP contribution in [0.2, 0.25) is 0 Å². The lowest BCUT2D eigenvalue weighted by molar-refractivity contribution is 0.101. The highest BCUT2D eigenvalue weighted by Gasteiger charge is 2.09. The maximum absolute atomic E-state index is 12.0. The lowest BCUT2D eigenvalue weighted by Gasteiger charge is -2.13. The van der Waals surface area contributed by atoms with E-state index in [1.54, 1.807) is 24.3 Å². The average molecular weight is 258 g/mol. The van der Waals surface area contributed by atoms with Gasteiger partial charge in [0.05, 0.1) is 6.20 Å². The minimum absolute atomic E-state index is 0.307. The summed E-state index contributed by atoms with van der Waals surface area (Å²) in [4.78, 5) is 23.3. The molecule has 1 aromatic carbocycles. The van der Waals surface area contributed by atoms with Crippen LogP contribution in [0, 0.1) is 0 Å². The fourth-order valence-electron chi connectivity index (χ4n) is 1.70. The van der Waals surface area contributed by atoms with E-state index >= 15 is 0 Å². The Morgan fingerprint density at radius 1 is 1.32 bits per heavy atom. The zero-order valence-corrected chi connectivity index (χ0v) is 10.5. The Morgan fingerprint density at radius 2 is 2.00 bits per heavy atom. The second kappa shape index (κ2) is 5.39. The summed E-state index contributed by atoms with van der Waals surface area (Å²) in [6.45, 7) is 1.86. The summed E-state index contributed by atoms with van der Waals surface area (Å²) in [7, 11) is 0. The average Bonchev–Trinajstić information content (AvgIpc) is 2.43. The highest BCUT2D eigenvalue weighted by atomic mass is 16.3. The number of aryl methyl sites for hydroxylation is 1. The van der Waals surface area contributed by atoms with Crippen molar-refractivity contribution in [2.45, 2.75) is 13.3 Å². The Kier molecular flexibility index (Phi) is 3.66. The monoisotopic (exact) mass is 258 g/mol. The molecule has 0 fully saturated rings. The topological polar surface area (TPSA) is 71.3 Å². The van der Waals surface area contributed by atoms with Crippen molar-refractivity contribution in [2.24, 2.45) is 0 Å². The molecular weight excluding hydrogens is 244 g/mol. The number of hydrogen-bond donors (Lipinski definition) is 2. The quantitative estimate of drug-likeness (QED) is 0.876. The molecule has 2 aromatic rings. The molecule has 0 saturated heterocycles. The summed E-state index contributed by atoms with van der Waals surface area (Å²) in [5.74, 6) is -0.705. The lowest BCUT2D eigenvalue weighted by Crippen LogP contribution is -2.26. The van der Waals surface area contributed by atoms with E-state index in [-0.39, 0.29) is 5.91 Å². The molecule has 19 heavy (non-hydrogen) atoms. The predicted molar refractivity (Wildman–Crippen MR) is 71.9 cm³/mol. The van der Waals surface area contributed by atoms with Crippen LogP contribution in [0.3, 0.4) is 0 Å². The number of aromatic nitrogens is 1. The largest absolute Gasteiger partial charge is 0.503 e. The third kappa shape index (κ3) is 2.82. The van der Waals surface area contributed by atoms with Gasteiger partial charge in [-0.25, -0.2) is 0 Å². The molecule has 1 aromatic heterocycles. The maximum Gasteiger partial charge on any atom is 0.270 e. The zero-order chi connectivity index (χ0) is 13.8. The highest BCUT2D eigenvalue weighted by Crippen LogP contribution is 2.05. The fourth-order valence-corrected chi connectivity index (χ4v) is 1.70. The zero-order valence-electron chi connectivity index (χ0n) is 10.5. The van der Waals surface area contributed by atoms with Gasteiger partial charge in [0, 0.05) is 17.3 Å². The number of carbonyl (C=O) groups excluding carboxylic acids is 1. The van der Waals surface area contributed by atoms with E-state index in [1.807, 2.05) is 13.0 Å². The van der Waals surface area contributed by atoms with Crippen LogP contribution in [0.4, 0.5) is 0 Å². The molecule has 1 heterocycles. The molecule has 5 heteroatoms. The Balaban J connectivity index is 2.31. The van der Waals surface area contributed by atoms with E-state index in [0.717, 1.165) is 0 Å². The van der Waals surface area contributed by atoms with Crippen molar-refractivity contribution in [3.8, 4) is 5.75 Å². The van der Waals surface area contributed by atoms with Crippen LogP contribution in [0.1, 0.15) is 23.0 Å². The number of aromatic hydroxyl groups is 1. The first-order valence-electron chi connectivity index (χ1n) is 5.92. The molecule has 2 rings (SSSR count). The molecule has 98 valence electrons. The minimum atomic E-state index is -0.456. The van der Waals surface area contributed by atoms with Crippen molar-refractivity contribution in [1.82, 2.24) is 4.68 Å². The normalized spacial score (nSPS) is 10.2. The Labute approximate surface area is 110 Å². The van der Waals surface area contributed by atoms with Crippen molar-refractivity contribution >= 4 is 5.91 Å². The standard InChI is InChI=1S/C14H14N2O3/c1-2-11-8-12(17)13(18)9-16(11)15-14(19)10-6-4-3-5-7-10/h3-9,18H,2H2,1H3,(H,15,19). The van der Waals surface area contributed by atoms with Crippen LogP contribution < -0.4 is 10.9 Å². The van der Waals surface area contributed by atoms with Crippen LogP contribution in [-0.4, -0.2) is 15.7 Å². The van der Waals surface area contributed by atoms with Gasteiger partial charge in [0.1, 0.15) is 0 Å². The molecule has 0 unspecified atom stereocenters. The van der Waals surface area contributed by atoms with Crippen LogP contribution in [0.15, 0.2) is 47.4 Å². The Hall–Kier alpha value is -2.56. The molecule has 0 atom stereocenters. The number of rotatable bonds is 3. The number of hydrogen-bond acceptors (Lipinski definition) is 3. The SMILES string of the molecule is CCc1cc(=O)c(O)cn1NC(=O)c1ccccc1. The molecule has 0 saturated carbocycles. The number of benzene rings is 1. The van der Waals surface area contributed by atoms with Crippen molar-refractivity contribution in [3.05, 3.63) is 64.1 Å². The summed E-state index contributed by atoms with van der Waals surface area (Å²) in [5.41, 5.74) is 3.29. The van der Waals surface area contributed by atoms with E-state index in [1.165, 1.54) is 16.9 Å². The fraction of sp³-hybridized carbons (Fsp3) is 0.143. The molecule has 2 N–H and O–H groups in total. The first kappa shape index (κ1) is 12.9. The van der Waals surface area contributed by atoms with E-state index in [2.05, 4.69) is 5.43 Å². The lowest BCUT2D eigenvalue weighted by atomic mass is 10.2. The summed E-state index contributed by atoms with van der Waals surface area (Å²) < 4.78 is 1.37. The van der Waals surface area contributed by atoms with Crippen LogP contribution in [0.25, 0.3) is 0 Å². The van der Waals surface area contributed by atoms with E-state index in [4.69, 9.17) is 0 Å². The number of carbonyl (C=O) groups is 1. The van der Waals surface area contributed by atoms with Gasteiger partial charge in [-0.3, -0.25) is 19.7 Å². The first-order valence-corrected chi connectivity index (χ1v) is 5.92. The van der Waals surface area contributed by atoms with Gasteiger partial charge in [0.2, 0.25) is 5.43 Å². The van der Waals surface area contributed by atoms with Gasteiger partial charge < -0.3 is 5.11 Å². The van der Waals surface area contributed by atoms with Gasteiger partial charge in [0.15, 0.2) is 5.75 Å². The number of amides is 1. The van der Waals surface area contributed by atoms with E-state index in [9.17, 15) is 14.7 Å². The van der Waals surface area contributed by atoms with Crippen molar-refractivity contribution in [2.75, 3.05) is 5.43 Å². The number of nitrogens with one attached hydrogen (secondary N) is 1. The number of pyridine rings is 1. The van der Waals surface area contributed by atoms with E-state index in [0.29, 0.717) is 17.7 Å². The van der Waals surface area contributed by atoms with Gasteiger partial charge >= 0.3 is 0 Å². The van der Waals surface area contributed by atoms with Crippen LogP contribution in [-0.2, 0) is 6.42 Å². The summed E-state index contributed by atoms with van der Waals surface area (Å²) in [6.07, 6.45) is 1.77. The smallest absolute Gasteiger partial charge is 0.270 e. The van der Waals surface area contributed by atoms with Crippen LogP contribution in [0.5, 0.6) is 5.75 Å². The molecule has 0 aliphatic rings. The third-order valence-electron chi connectivity index (χ3n) is 2.73. The highest BCUT2D eigenvalue weighted by molar-refractivity contribution is 5.99. The van der Waals surface area contributed by atoms with Gasteiger partial charge in [0.25, 0.3) is 5.91 Å².